The Labute approximate surface area is 199 Å². The number of unbranched alkanes of at least 4 members (excludes halogenated alkanes) is 18. The lowest BCUT2D eigenvalue weighted by Gasteiger charge is -2.04. The molecule has 0 radical (unpaired) electrons. The number of hydrogen-bond acceptors (Lipinski definition) is 3. The van der Waals surface area contributed by atoms with Crippen LogP contribution in [0.1, 0.15) is 142 Å². The maximum absolute atomic E-state index is 11.7. The largest absolute Gasteiger partial charge is 0.463 e. The summed E-state index contributed by atoms with van der Waals surface area (Å²) in [6, 6.07) is 0. The summed E-state index contributed by atoms with van der Waals surface area (Å²) in [7, 11) is 0. The van der Waals surface area contributed by atoms with E-state index in [-0.39, 0.29) is 5.91 Å². The Kier molecular flexibility index (Phi) is 24.9. The molecule has 0 aliphatic rings. The van der Waals surface area contributed by atoms with Gasteiger partial charge in [0.2, 0.25) is 5.91 Å². The average molecular weight is 452 g/mol. The topological polar surface area (TPSA) is 55.4 Å². The lowest BCUT2D eigenvalue weighted by molar-refractivity contribution is -0.138. The van der Waals surface area contributed by atoms with E-state index in [0.717, 1.165) is 38.5 Å². The van der Waals surface area contributed by atoms with Crippen LogP contribution in [0.5, 0.6) is 0 Å². The lowest BCUT2D eigenvalue weighted by atomic mass is 10.0. The van der Waals surface area contributed by atoms with Gasteiger partial charge in [0.15, 0.2) is 0 Å². The third kappa shape index (κ3) is 24.9. The second kappa shape index (κ2) is 25.9. The second-order valence-electron chi connectivity index (χ2n) is 9.16. The molecule has 0 aromatic heterocycles. The second-order valence-corrected chi connectivity index (χ2v) is 9.16. The van der Waals surface area contributed by atoms with Crippen molar-refractivity contribution in [3.05, 3.63) is 12.2 Å². The Morgan fingerprint density at radius 2 is 0.969 bits per heavy atom. The standard InChI is InChI=1S/C28H53NO3/c1-3-5-7-9-10-11-12-13-14-15-16-17-18-19-20-21-25-29-27(30)23-24-28(31)32-26-22-8-6-4-2/h23-24H,3-22,25-26H2,1-2H3,(H,29,30). The molecule has 0 rings (SSSR count). The van der Waals surface area contributed by atoms with Gasteiger partial charge in [-0.2, -0.15) is 0 Å². The molecule has 1 N–H and O–H groups in total. The molecular formula is C28H53NO3. The molecule has 0 aliphatic heterocycles. The zero-order valence-corrected chi connectivity index (χ0v) is 21.4. The van der Waals surface area contributed by atoms with Gasteiger partial charge in [0, 0.05) is 18.7 Å². The van der Waals surface area contributed by atoms with Crippen molar-refractivity contribution in [2.75, 3.05) is 13.2 Å². The Morgan fingerprint density at radius 3 is 1.44 bits per heavy atom. The third-order valence-electron chi connectivity index (χ3n) is 5.94. The van der Waals surface area contributed by atoms with Crippen LogP contribution in [-0.2, 0) is 14.3 Å². The van der Waals surface area contributed by atoms with E-state index in [1.165, 1.54) is 102 Å². The van der Waals surface area contributed by atoms with Crippen LogP contribution in [-0.4, -0.2) is 25.0 Å². The van der Waals surface area contributed by atoms with Crippen LogP contribution >= 0.6 is 0 Å². The minimum absolute atomic E-state index is 0.214. The Bertz CT molecular complexity index is 448. The summed E-state index contributed by atoms with van der Waals surface area (Å²) in [6.07, 6.45) is 28.3. The molecule has 0 aromatic carbocycles. The van der Waals surface area contributed by atoms with Gasteiger partial charge in [-0.3, -0.25) is 4.79 Å². The van der Waals surface area contributed by atoms with Gasteiger partial charge in [-0.25, -0.2) is 4.79 Å². The van der Waals surface area contributed by atoms with Crippen LogP contribution in [0.15, 0.2) is 12.2 Å². The van der Waals surface area contributed by atoms with Gasteiger partial charge < -0.3 is 10.1 Å². The van der Waals surface area contributed by atoms with Gasteiger partial charge in [0.05, 0.1) is 6.61 Å². The molecule has 0 aromatic rings. The van der Waals surface area contributed by atoms with Crippen molar-refractivity contribution >= 4 is 11.9 Å². The normalized spacial score (nSPS) is 11.2. The number of amides is 1. The fourth-order valence-corrected chi connectivity index (χ4v) is 3.84. The molecule has 0 fully saturated rings. The van der Waals surface area contributed by atoms with Gasteiger partial charge in [-0.15, -0.1) is 0 Å². The van der Waals surface area contributed by atoms with Gasteiger partial charge in [0.25, 0.3) is 0 Å². The lowest BCUT2D eigenvalue weighted by Crippen LogP contribution is -2.22. The summed E-state index contributed by atoms with van der Waals surface area (Å²) in [5, 5.41) is 2.84. The van der Waals surface area contributed by atoms with E-state index >= 15 is 0 Å². The van der Waals surface area contributed by atoms with E-state index in [1.54, 1.807) is 0 Å². The highest BCUT2D eigenvalue weighted by Crippen LogP contribution is 2.13. The van der Waals surface area contributed by atoms with Crippen LogP contribution < -0.4 is 5.32 Å². The minimum atomic E-state index is -0.431. The highest BCUT2D eigenvalue weighted by Gasteiger charge is 2.00. The molecule has 0 atom stereocenters. The van der Waals surface area contributed by atoms with Gasteiger partial charge in [-0.05, 0) is 12.8 Å². The minimum Gasteiger partial charge on any atom is -0.463 e. The molecule has 0 saturated heterocycles. The molecule has 4 heteroatoms. The third-order valence-corrected chi connectivity index (χ3v) is 5.94. The number of carbonyl (C=O) groups excluding carboxylic acids is 2. The molecule has 188 valence electrons. The first-order valence-corrected chi connectivity index (χ1v) is 13.8. The van der Waals surface area contributed by atoms with Crippen LogP contribution in [0, 0.1) is 0 Å². The Morgan fingerprint density at radius 1 is 0.562 bits per heavy atom. The number of carbonyl (C=O) groups is 2. The smallest absolute Gasteiger partial charge is 0.330 e. The SMILES string of the molecule is CCCCCCCCCCCCCCCCCCNC(=O)C=CC(=O)OCCCCCC. The molecule has 0 bridgehead atoms. The van der Waals surface area contributed by atoms with Gasteiger partial charge >= 0.3 is 5.97 Å². The van der Waals surface area contributed by atoms with E-state index in [2.05, 4.69) is 19.2 Å². The van der Waals surface area contributed by atoms with Crippen molar-refractivity contribution in [2.45, 2.75) is 142 Å². The summed E-state index contributed by atoms with van der Waals surface area (Å²) in [5.41, 5.74) is 0. The number of esters is 1. The molecule has 0 aliphatic carbocycles. The predicted octanol–water partition coefficient (Wildman–Crippen LogP) is 8.04. The summed E-state index contributed by atoms with van der Waals surface area (Å²) >= 11 is 0. The number of nitrogens with one attached hydrogen (secondary N) is 1. The molecule has 32 heavy (non-hydrogen) atoms. The van der Waals surface area contributed by atoms with E-state index in [0.29, 0.717) is 13.2 Å². The maximum Gasteiger partial charge on any atom is 0.330 e. The first-order chi connectivity index (χ1) is 15.7. The summed E-state index contributed by atoms with van der Waals surface area (Å²) < 4.78 is 5.07. The molecule has 0 heterocycles. The molecule has 4 nitrogen and oxygen atoms in total. The van der Waals surface area contributed by atoms with E-state index in [1.807, 2.05) is 0 Å². The van der Waals surface area contributed by atoms with Crippen molar-refractivity contribution in [3.8, 4) is 0 Å². The Balaban J connectivity index is 3.30. The van der Waals surface area contributed by atoms with Crippen LogP contribution in [0.4, 0.5) is 0 Å². The van der Waals surface area contributed by atoms with Crippen molar-refractivity contribution < 1.29 is 14.3 Å². The molecule has 1 amide bonds. The molecule has 0 unspecified atom stereocenters. The van der Waals surface area contributed by atoms with E-state index in [4.69, 9.17) is 4.74 Å². The molecular weight excluding hydrogens is 398 g/mol. The van der Waals surface area contributed by atoms with Crippen molar-refractivity contribution in [1.29, 1.82) is 0 Å². The van der Waals surface area contributed by atoms with E-state index < -0.39 is 5.97 Å². The van der Waals surface area contributed by atoms with Crippen LogP contribution in [0.25, 0.3) is 0 Å². The zero-order chi connectivity index (χ0) is 23.5. The Hall–Kier alpha value is -1.32. The average Bonchev–Trinajstić information content (AvgIpc) is 2.79. The number of ether oxygens (including phenoxy) is 1. The quantitative estimate of drug-likeness (QED) is 0.0917. The predicted molar refractivity (Wildman–Crippen MR) is 137 cm³/mol. The summed E-state index contributed by atoms with van der Waals surface area (Å²) in [4.78, 5) is 23.2. The molecule has 0 saturated carbocycles. The van der Waals surface area contributed by atoms with Gasteiger partial charge in [-0.1, -0.05) is 129 Å². The zero-order valence-electron chi connectivity index (χ0n) is 21.4. The van der Waals surface area contributed by atoms with Crippen LogP contribution in [0.2, 0.25) is 0 Å². The number of hydrogen-bond donors (Lipinski definition) is 1. The molecule has 0 spiro atoms. The van der Waals surface area contributed by atoms with E-state index in [9.17, 15) is 9.59 Å². The first kappa shape index (κ1) is 30.7. The monoisotopic (exact) mass is 451 g/mol. The summed E-state index contributed by atoms with van der Waals surface area (Å²) in [6.45, 7) is 5.53. The van der Waals surface area contributed by atoms with Crippen molar-refractivity contribution in [2.24, 2.45) is 0 Å². The van der Waals surface area contributed by atoms with Crippen LogP contribution in [0.3, 0.4) is 0 Å². The van der Waals surface area contributed by atoms with Crippen molar-refractivity contribution in [1.82, 2.24) is 5.32 Å². The fourth-order valence-electron chi connectivity index (χ4n) is 3.84. The van der Waals surface area contributed by atoms with Gasteiger partial charge in [0.1, 0.15) is 0 Å². The van der Waals surface area contributed by atoms with Crippen molar-refractivity contribution in [3.63, 3.8) is 0 Å². The number of rotatable bonds is 24. The summed E-state index contributed by atoms with van der Waals surface area (Å²) in [5.74, 6) is -0.645. The highest BCUT2D eigenvalue weighted by molar-refractivity contribution is 5.94. The highest BCUT2D eigenvalue weighted by atomic mass is 16.5. The first-order valence-electron chi connectivity index (χ1n) is 13.8. The fraction of sp³-hybridized carbons (Fsp3) is 0.857. The maximum atomic E-state index is 11.7.